The number of amidine groups is 1. The van der Waals surface area contributed by atoms with Crippen molar-refractivity contribution in [1.82, 2.24) is 14.6 Å². The molecule has 3 aromatic heterocycles. The van der Waals surface area contributed by atoms with Crippen LogP contribution < -0.4 is 16.8 Å². The molecule has 204 valence electrons. The van der Waals surface area contributed by atoms with Gasteiger partial charge in [-0.1, -0.05) is 31.5 Å². The first kappa shape index (κ1) is 27.1. The highest BCUT2D eigenvalue weighted by atomic mass is 35.5. The minimum Gasteiger partial charge on any atom is -0.395 e. The van der Waals surface area contributed by atoms with Crippen molar-refractivity contribution in [3.05, 3.63) is 77.1 Å². The zero-order chi connectivity index (χ0) is 27.7. The number of nitrogens with one attached hydrogen (secondary N) is 1. The predicted octanol–water partition coefficient (Wildman–Crippen LogP) is 5.18. The number of benzene rings is 1. The molecular formula is C29H33ClFN7O. The number of fused-ring (bicyclic) bond motifs is 1. The van der Waals surface area contributed by atoms with Crippen LogP contribution in [0, 0.1) is 5.82 Å². The molecule has 1 saturated carbocycles. The summed E-state index contributed by atoms with van der Waals surface area (Å²) in [4.78, 5) is 9.05. The van der Waals surface area contributed by atoms with Crippen LogP contribution in [0.2, 0.25) is 5.02 Å². The van der Waals surface area contributed by atoms with Crippen LogP contribution in [-0.4, -0.2) is 44.2 Å². The number of halogens is 2. The first-order chi connectivity index (χ1) is 18.6. The van der Waals surface area contributed by atoms with Crippen molar-refractivity contribution in [3.8, 4) is 11.1 Å². The SMILES string of the molecule is CC(C)(CO)c1ccc(-c2cc3c(N[C@H]4CC[C@H](N)CC4)c(C(N)=Nc4cc(F)ccc4Cl)cnn3c2)cn1. The van der Waals surface area contributed by atoms with Crippen molar-refractivity contribution in [2.75, 3.05) is 11.9 Å². The molecule has 39 heavy (non-hydrogen) atoms. The van der Waals surface area contributed by atoms with E-state index < -0.39 is 11.2 Å². The molecule has 0 aliphatic heterocycles. The van der Waals surface area contributed by atoms with Crippen molar-refractivity contribution in [2.45, 2.75) is 57.0 Å². The fourth-order valence-electron chi connectivity index (χ4n) is 4.84. The summed E-state index contributed by atoms with van der Waals surface area (Å²) in [6, 6.07) is 10.4. The summed E-state index contributed by atoms with van der Waals surface area (Å²) < 4.78 is 15.7. The number of aliphatic hydroxyl groups excluding tert-OH is 1. The predicted molar refractivity (Wildman–Crippen MR) is 154 cm³/mol. The van der Waals surface area contributed by atoms with E-state index in [1.165, 1.54) is 18.2 Å². The van der Waals surface area contributed by atoms with Crippen molar-refractivity contribution >= 4 is 34.3 Å². The molecule has 6 N–H and O–H groups in total. The first-order valence-corrected chi connectivity index (χ1v) is 13.4. The summed E-state index contributed by atoms with van der Waals surface area (Å²) in [5.41, 5.74) is 17.3. The number of nitrogens with zero attached hydrogens (tertiary/aromatic N) is 4. The molecule has 0 amide bonds. The van der Waals surface area contributed by atoms with Crippen molar-refractivity contribution in [1.29, 1.82) is 0 Å². The second kappa shape index (κ2) is 10.9. The number of hydrogen-bond acceptors (Lipinski definition) is 6. The fourth-order valence-corrected chi connectivity index (χ4v) is 5.00. The van der Waals surface area contributed by atoms with Gasteiger partial charge in [0.05, 0.1) is 40.3 Å². The molecule has 1 aromatic carbocycles. The second-order valence-corrected chi connectivity index (χ2v) is 11.2. The zero-order valence-electron chi connectivity index (χ0n) is 22.0. The van der Waals surface area contributed by atoms with Crippen LogP contribution in [0.3, 0.4) is 0 Å². The van der Waals surface area contributed by atoms with Gasteiger partial charge in [-0.2, -0.15) is 5.10 Å². The molecule has 4 aromatic rings. The molecule has 8 nitrogen and oxygen atoms in total. The Balaban J connectivity index is 1.58. The lowest BCUT2D eigenvalue weighted by atomic mass is 9.89. The van der Waals surface area contributed by atoms with Crippen LogP contribution in [0.5, 0.6) is 0 Å². The highest BCUT2D eigenvalue weighted by Crippen LogP contribution is 2.33. The Kier molecular flexibility index (Phi) is 7.57. The number of nitrogens with two attached hydrogens (primary N) is 2. The lowest BCUT2D eigenvalue weighted by Gasteiger charge is -2.28. The fraction of sp³-hybridized carbons (Fsp3) is 0.345. The van der Waals surface area contributed by atoms with Crippen molar-refractivity contribution < 1.29 is 9.50 Å². The van der Waals surface area contributed by atoms with Crippen LogP contribution in [0.25, 0.3) is 16.6 Å². The molecule has 10 heteroatoms. The highest BCUT2D eigenvalue weighted by Gasteiger charge is 2.23. The van der Waals surface area contributed by atoms with Gasteiger partial charge in [0.2, 0.25) is 0 Å². The maximum absolute atomic E-state index is 13.9. The van der Waals surface area contributed by atoms with Gasteiger partial charge in [-0.25, -0.2) is 13.9 Å². The molecule has 0 radical (unpaired) electrons. The summed E-state index contributed by atoms with van der Waals surface area (Å²) in [6.07, 6.45) is 9.13. The maximum Gasteiger partial charge on any atom is 0.135 e. The average Bonchev–Trinajstić information content (AvgIpc) is 3.37. The largest absolute Gasteiger partial charge is 0.395 e. The molecule has 0 bridgehead atoms. The Bertz CT molecular complexity index is 1510. The van der Waals surface area contributed by atoms with Crippen LogP contribution in [0.15, 0.2) is 60.0 Å². The van der Waals surface area contributed by atoms with E-state index in [2.05, 4.69) is 20.4 Å². The molecule has 1 aliphatic rings. The van der Waals surface area contributed by atoms with E-state index in [1.807, 2.05) is 38.2 Å². The molecule has 3 heterocycles. The monoisotopic (exact) mass is 549 g/mol. The third-order valence-corrected chi connectivity index (χ3v) is 7.69. The topological polar surface area (TPSA) is 127 Å². The van der Waals surface area contributed by atoms with Gasteiger partial charge in [-0.15, -0.1) is 0 Å². The Morgan fingerprint density at radius 2 is 1.92 bits per heavy atom. The standard InChI is InChI=1S/C29H33ClFN7O/c1-29(2,16-39)26-10-3-17(13-34-26)18-11-25-27(36-21-7-5-20(32)6-8-21)22(14-35-38(25)15-18)28(33)37-24-12-19(31)4-9-23(24)30/h3-4,9-15,20-21,36,39H,5-8,16,32H2,1-2H3,(H2,33,37)/t20-,21-. The van der Waals surface area contributed by atoms with Crippen molar-refractivity contribution in [2.24, 2.45) is 16.5 Å². The zero-order valence-corrected chi connectivity index (χ0v) is 22.8. The average molecular weight is 550 g/mol. The maximum atomic E-state index is 13.9. The Morgan fingerprint density at radius 1 is 1.15 bits per heavy atom. The molecule has 0 spiro atoms. The minimum atomic E-state index is -0.449. The molecule has 1 aliphatic carbocycles. The molecule has 0 unspecified atom stereocenters. The summed E-state index contributed by atoms with van der Waals surface area (Å²) >= 11 is 6.26. The summed E-state index contributed by atoms with van der Waals surface area (Å²) in [5, 5.41) is 18.3. The van der Waals surface area contributed by atoms with E-state index >= 15 is 0 Å². The van der Waals surface area contributed by atoms with E-state index in [-0.39, 0.29) is 30.2 Å². The second-order valence-electron chi connectivity index (χ2n) is 10.8. The molecular weight excluding hydrogens is 517 g/mol. The minimum absolute atomic E-state index is 0.00701. The number of aromatic nitrogens is 3. The third kappa shape index (κ3) is 5.75. The first-order valence-electron chi connectivity index (χ1n) is 13.1. The van der Waals surface area contributed by atoms with Gasteiger partial charge in [-0.3, -0.25) is 4.98 Å². The number of rotatable bonds is 7. The van der Waals surface area contributed by atoms with Gasteiger partial charge >= 0.3 is 0 Å². The van der Waals surface area contributed by atoms with E-state index in [1.54, 1.807) is 16.9 Å². The lowest BCUT2D eigenvalue weighted by Crippen LogP contribution is -2.33. The number of hydrogen-bond donors (Lipinski definition) is 4. The number of aliphatic imine (C=N–C) groups is 1. The normalized spacial score (nSPS) is 18.5. The Morgan fingerprint density at radius 3 is 2.62 bits per heavy atom. The molecule has 5 rings (SSSR count). The Hall–Kier alpha value is -3.53. The summed E-state index contributed by atoms with van der Waals surface area (Å²) in [5.74, 6) is -0.276. The molecule has 1 fully saturated rings. The van der Waals surface area contributed by atoms with Gasteiger partial charge in [0.15, 0.2) is 0 Å². The van der Waals surface area contributed by atoms with Crippen LogP contribution in [0.4, 0.5) is 15.8 Å². The smallest absolute Gasteiger partial charge is 0.135 e. The van der Waals surface area contributed by atoms with Gasteiger partial charge < -0.3 is 21.9 Å². The number of anilines is 1. The van der Waals surface area contributed by atoms with E-state index in [0.29, 0.717) is 10.6 Å². The highest BCUT2D eigenvalue weighted by molar-refractivity contribution is 6.33. The van der Waals surface area contributed by atoms with Gasteiger partial charge in [0.25, 0.3) is 0 Å². The summed E-state index contributed by atoms with van der Waals surface area (Å²) in [6.45, 7) is 3.91. The quantitative estimate of drug-likeness (QED) is 0.186. The molecule has 0 saturated heterocycles. The van der Waals surface area contributed by atoms with E-state index in [9.17, 15) is 9.50 Å². The molecule has 0 atom stereocenters. The van der Waals surface area contributed by atoms with Crippen LogP contribution in [-0.2, 0) is 5.41 Å². The van der Waals surface area contributed by atoms with E-state index in [4.69, 9.17) is 23.1 Å². The van der Waals surface area contributed by atoms with Gasteiger partial charge in [0.1, 0.15) is 11.7 Å². The number of aliphatic hydroxyl groups is 1. The van der Waals surface area contributed by atoms with E-state index in [0.717, 1.165) is 53.7 Å². The Labute approximate surface area is 231 Å². The summed E-state index contributed by atoms with van der Waals surface area (Å²) in [7, 11) is 0. The van der Waals surface area contributed by atoms with Gasteiger partial charge in [0, 0.05) is 52.8 Å². The van der Waals surface area contributed by atoms with Gasteiger partial charge in [-0.05, 0) is 49.9 Å². The van der Waals surface area contributed by atoms with Crippen LogP contribution in [0.1, 0.15) is 50.8 Å². The van der Waals surface area contributed by atoms with Crippen LogP contribution >= 0.6 is 11.6 Å². The third-order valence-electron chi connectivity index (χ3n) is 7.37. The van der Waals surface area contributed by atoms with Crippen molar-refractivity contribution in [3.63, 3.8) is 0 Å². The number of pyridine rings is 1. The lowest BCUT2D eigenvalue weighted by molar-refractivity contribution is 0.215.